The highest BCUT2D eigenvalue weighted by molar-refractivity contribution is 6.31. The second-order valence-corrected chi connectivity index (χ2v) is 8.54. The fourth-order valence-electron chi connectivity index (χ4n) is 4.30. The molecule has 0 saturated carbocycles. The van der Waals surface area contributed by atoms with E-state index in [0.717, 1.165) is 18.4 Å². The van der Waals surface area contributed by atoms with Crippen molar-refractivity contribution in [3.05, 3.63) is 51.0 Å². The van der Waals surface area contributed by atoms with Gasteiger partial charge in [-0.25, -0.2) is 14.5 Å². The number of morpholine rings is 1. The summed E-state index contributed by atoms with van der Waals surface area (Å²) in [5, 5.41) is 8.76. The Labute approximate surface area is 189 Å². The largest absolute Gasteiger partial charge is 0.378 e. The Hall–Kier alpha value is -2.98. The fourth-order valence-corrected chi connectivity index (χ4v) is 4.50. The number of likely N-dealkylation sites (tertiary alicyclic amines) is 1. The number of nitrogens with one attached hydrogen (secondary N) is 1. The number of hydrogen-bond acceptors (Lipinski definition) is 6. The lowest BCUT2D eigenvalue weighted by Crippen LogP contribution is -2.50. The van der Waals surface area contributed by atoms with E-state index in [1.807, 2.05) is 34.1 Å². The maximum Gasteiger partial charge on any atom is 0.320 e. The minimum absolute atomic E-state index is 0.0202. The smallest absolute Gasteiger partial charge is 0.320 e. The molecule has 2 aromatic heterocycles. The molecule has 0 bridgehead atoms. The summed E-state index contributed by atoms with van der Waals surface area (Å²) in [6.45, 7) is 3.91. The van der Waals surface area contributed by atoms with Gasteiger partial charge in [-0.15, -0.1) is 5.10 Å². The Morgan fingerprint density at radius 1 is 1.19 bits per heavy atom. The molecule has 1 N–H and O–H groups in total. The standard InChI is InChI=1S/C21H24ClN7O3/c22-16-6-2-1-4-14(16)13-29-19-17(25-26-29)20(30)24-18(23-19)15-5-3-7-28(12-15)21(31)27-8-10-32-11-9-27/h1-2,4,6,15H,3,5,7-13H2,(H,23,24,30)/t15-/m1/s1. The molecule has 3 aromatic rings. The van der Waals surface area contributed by atoms with Gasteiger partial charge in [0, 0.05) is 37.1 Å². The van der Waals surface area contributed by atoms with Crippen molar-refractivity contribution >= 4 is 28.8 Å². The van der Waals surface area contributed by atoms with E-state index >= 15 is 0 Å². The van der Waals surface area contributed by atoms with E-state index in [9.17, 15) is 9.59 Å². The molecule has 2 saturated heterocycles. The molecule has 2 fully saturated rings. The molecule has 4 heterocycles. The number of fused-ring (bicyclic) bond motifs is 1. The highest BCUT2D eigenvalue weighted by Crippen LogP contribution is 2.26. The molecule has 0 unspecified atom stereocenters. The Bertz CT molecular complexity index is 1190. The first-order chi connectivity index (χ1) is 15.6. The van der Waals surface area contributed by atoms with Crippen molar-refractivity contribution in [1.29, 1.82) is 0 Å². The number of piperidine rings is 1. The van der Waals surface area contributed by atoms with Crippen LogP contribution in [0, 0.1) is 0 Å². The minimum Gasteiger partial charge on any atom is -0.378 e. The van der Waals surface area contributed by atoms with Crippen molar-refractivity contribution in [3.8, 4) is 0 Å². The Kier molecular flexibility index (Phi) is 5.79. The van der Waals surface area contributed by atoms with Crippen LogP contribution in [0.15, 0.2) is 29.1 Å². The fraction of sp³-hybridized carbons (Fsp3) is 0.476. The number of ether oxygens (including phenoxy) is 1. The van der Waals surface area contributed by atoms with Crippen LogP contribution in [-0.4, -0.2) is 80.2 Å². The molecule has 1 aromatic carbocycles. The SMILES string of the molecule is O=C(N1CCOCC1)N1CCC[C@@H](c2nc3c(nnn3Cc3ccccc3Cl)c(=O)[nH]2)C1. The summed E-state index contributed by atoms with van der Waals surface area (Å²) in [7, 11) is 0. The van der Waals surface area contributed by atoms with Crippen LogP contribution >= 0.6 is 11.6 Å². The summed E-state index contributed by atoms with van der Waals surface area (Å²) >= 11 is 6.29. The first-order valence-electron chi connectivity index (χ1n) is 10.8. The monoisotopic (exact) mass is 457 g/mol. The van der Waals surface area contributed by atoms with Crippen LogP contribution < -0.4 is 5.56 Å². The highest BCUT2D eigenvalue weighted by atomic mass is 35.5. The number of nitrogens with zero attached hydrogens (tertiary/aromatic N) is 6. The number of H-pyrrole nitrogens is 1. The summed E-state index contributed by atoms with van der Waals surface area (Å²) in [5.41, 5.74) is 1.15. The minimum atomic E-state index is -0.327. The zero-order valence-corrected chi connectivity index (χ0v) is 18.3. The summed E-state index contributed by atoms with van der Waals surface area (Å²) in [6.07, 6.45) is 1.69. The summed E-state index contributed by atoms with van der Waals surface area (Å²) < 4.78 is 6.94. The second kappa shape index (κ2) is 8.87. The van der Waals surface area contributed by atoms with Gasteiger partial charge in [0.15, 0.2) is 11.2 Å². The lowest BCUT2D eigenvalue weighted by Gasteiger charge is -2.37. The number of aromatic amines is 1. The van der Waals surface area contributed by atoms with Gasteiger partial charge in [0.25, 0.3) is 5.56 Å². The van der Waals surface area contributed by atoms with Gasteiger partial charge in [0.05, 0.1) is 19.8 Å². The quantitative estimate of drug-likeness (QED) is 0.642. The zero-order chi connectivity index (χ0) is 22.1. The van der Waals surface area contributed by atoms with Crippen molar-refractivity contribution in [2.75, 3.05) is 39.4 Å². The molecule has 0 radical (unpaired) electrons. The Balaban J connectivity index is 1.40. The molecule has 2 aliphatic rings. The molecule has 10 nitrogen and oxygen atoms in total. The first-order valence-corrected chi connectivity index (χ1v) is 11.2. The van der Waals surface area contributed by atoms with Crippen molar-refractivity contribution in [2.45, 2.75) is 25.3 Å². The molecule has 32 heavy (non-hydrogen) atoms. The number of benzene rings is 1. The summed E-state index contributed by atoms with van der Waals surface area (Å²) in [5.74, 6) is 0.499. The molecule has 11 heteroatoms. The van der Waals surface area contributed by atoms with Gasteiger partial charge in [0.1, 0.15) is 5.82 Å². The average Bonchev–Trinajstić information content (AvgIpc) is 3.24. The second-order valence-electron chi connectivity index (χ2n) is 8.13. The van der Waals surface area contributed by atoms with Crippen LogP contribution in [0.25, 0.3) is 11.2 Å². The van der Waals surface area contributed by atoms with Crippen LogP contribution in [0.1, 0.15) is 30.1 Å². The molecule has 0 spiro atoms. The predicted molar refractivity (Wildman–Crippen MR) is 118 cm³/mol. The Morgan fingerprint density at radius 3 is 2.81 bits per heavy atom. The summed E-state index contributed by atoms with van der Waals surface area (Å²) in [6, 6.07) is 7.49. The maximum atomic E-state index is 12.9. The van der Waals surface area contributed by atoms with Gasteiger partial charge in [0.2, 0.25) is 0 Å². The number of halogens is 1. The van der Waals surface area contributed by atoms with Gasteiger partial charge in [-0.2, -0.15) is 0 Å². The number of amides is 2. The molecular formula is C21H24ClN7O3. The van der Waals surface area contributed by atoms with Gasteiger partial charge in [-0.1, -0.05) is 35.0 Å². The van der Waals surface area contributed by atoms with Gasteiger partial charge in [-0.3, -0.25) is 4.79 Å². The van der Waals surface area contributed by atoms with Crippen LogP contribution in [-0.2, 0) is 11.3 Å². The van der Waals surface area contributed by atoms with Crippen molar-refractivity contribution in [3.63, 3.8) is 0 Å². The van der Waals surface area contributed by atoms with Crippen LogP contribution in [0.4, 0.5) is 4.79 Å². The van der Waals surface area contributed by atoms with Crippen LogP contribution in [0.3, 0.4) is 0 Å². The van der Waals surface area contributed by atoms with Crippen molar-refractivity contribution in [1.82, 2.24) is 34.8 Å². The highest BCUT2D eigenvalue weighted by Gasteiger charge is 2.30. The number of aromatic nitrogens is 5. The molecule has 0 aliphatic carbocycles. The molecule has 2 amide bonds. The van der Waals surface area contributed by atoms with E-state index in [1.165, 1.54) is 0 Å². The number of carbonyl (C=O) groups excluding carboxylic acids is 1. The molecule has 2 aliphatic heterocycles. The van der Waals surface area contributed by atoms with Crippen molar-refractivity contribution < 1.29 is 9.53 Å². The van der Waals surface area contributed by atoms with E-state index < -0.39 is 0 Å². The lowest BCUT2D eigenvalue weighted by molar-refractivity contribution is 0.0407. The molecule has 5 rings (SSSR count). The number of hydrogen-bond donors (Lipinski definition) is 1. The Morgan fingerprint density at radius 2 is 2.00 bits per heavy atom. The van der Waals surface area contributed by atoms with Crippen molar-refractivity contribution in [2.24, 2.45) is 0 Å². The van der Waals surface area contributed by atoms with Gasteiger partial charge < -0.3 is 19.5 Å². The molecular weight excluding hydrogens is 434 g/mol. The maximum absolute atomic E-state index is 12.9. The van der Waals surface area contributed by atoms with E-state index in [4.69, 9.17) is 21.3 Å². The van der Waals surface area contributed by atoms with Crippen LogP contribution in [0.5, 0.6) is 0 Å². The third kappa shape index (κ3) is 4.07. The molecule has 1 atom stereocenters. The van der Waals surface area contributed by atoms with E-state index in [0.29, 0.717) is 62.4 Å². The zero-order valence-electron chi connectivity index (χ0n) is 17.5. The number of carbonyl (C=O) groups is 1. The normalized spacial score (nSPS) is 19.5. The molecule has 168 valence electrons. The number of urea groups is 1. The van der Waals surface area contributed by atoms with E-state index in [2.05, 4.69) is 15.3 Å². The lowest BCUT2D eigenvalue weighted by atomic mass is 9.97. The van der Waals surface area contributed by atoms with Gasteiger partial charge in [-0.05, 0) is 24.5 Å². The average molecular weight is 458 g/mol. The third-order valence-electron chi connectivity index (χ3n) is 6.03. The topological polar surface area (TPSA) is 109 Å². The third-order valence-corrected chi connectivity index (χ3v) is 6.40. The van der Waals surface area contributed by atoms with E-state index in [-0.39, 0.29) is 23.0 Å². The number of rotatable bonds is 3. The van der Waals surface area contributed by atoms with Gasteiger partial charge >= 0.3 is 6.03 Å². The van der Waals surface area contributed by atoms with E-state index in [1.54, 1.807) is 4.68 Å². The predicted octanol–water partition coefficient (Wildman–Crippen LogP) is 1.85. The van der Waals surface area contributed by atoms with Crippen LogP contribution in [0.2, 0.25) is 5.02 Å². The first kappa shape index (κ1) is 20.9. The summed E-state index contributed by atoms with van der Waals surface area (Å²) in [4.78, 5) is 36.9.